The van der Waals surface area contributed by atoms with Gasteiger partial charge < -0.3 is 14.0 Å². The first-order valence-corrected chi connectivity index (χ1v) is 4.47. The molecule has 0 aliphatic heterocycles. The summed E-state index contributed by atoms with van der Waals surface area (Å²) in [6.07, 6.45) is 1.43. The molecule has 0 radical (unpaired) electrons. The Bertz CT molecular complexity index is 470. The molecule has 1 heterocycles. The van der Waals surface area contributed by atoms with E-state index in [2.05, 4.69) is 9.73 Å². The van der Waals surface area contributed by atoms with E-state index in [0.29, 0.717) is 11.4 Å². The molecule has 0 spiro atoms. The van der Waals surface area contributed by atoms with Gasteiger partial charge in [0.15, 0.2) is 11.4 Å². The van der Waals surface area contributed by atoms with Crippen molar-refractivity contribution in [2.75, 3.05) is 14.2 Å². The lowest BCUT2D eigenvalue weighted by molar-refractivity contribution is 0.0586. The SMILES string of the molecule is COC(=O)c1c(OC)c(N=C=O)c(C)n1C. The Morgan fingerprint density at radius 1 is 1.44 bits per heavy atom. The van der Waals surface area contributed by atoms with Crippen molar-refractivity contribution in [2.45, 2.75) is 6.92 Å². The van der Waals surface area contributed by atoms with Crippen LogP contribution in [-0.2, 0) is 16.6 Å². The van der Waals surface area contributed by atoms with Gasteiger partial charge in [-0.25, -0.2) is 9.59 Å². The molecule has 0 aliphatic rings. The first kappa shape index (κ1) is 12.0. The van der Waals surface area contributed by atoms with Crippen LogP contribution in [0.1, 0.15) is 16.2 Å². The molecule has 0 bridgehead atoms. The summed E-state index contributed by atoms with van der Waals surface area (Å²) in [5.41, 5.74) is 1.14. The summed E-state index contributed by atoms with van der Waals surface area (Å²) in [7, 11) is 4.33. The van der Waals surface area contributed by atoms with Crippen LogP contribution >= 0.6 is 0 Å². The third kappa shape index (κ3) is 1.70. The number of hydrogen-bond acceptors (Lipinski definition) is 5. The van der Waals surface area contributed by atoms with Crippen LogP contribution in [0.25, 0.3) is 0 Å². The summed E-state index contributed by atoms with van der Waals surface area (Å²) in [5, 5.41) is 0. The Labute approximate surface area is 92.5 Å². The van der Waals surface area contributed by atoms with Crippen LogP contribution in [0.3, 0.4) is 0 Å². The van der Waals surface area contributed by atoms with Gasteiger partial charge in [0.2, 0.25) is 6.08 Å². The zero-order valence-electron chi connectivity index (χ0n) is 9.53. The maximum atomic E-state index is 11.5. The Hall–Kier alpha value is -2.07. The first-order chi connectivity index (χ1) is 7.58. The third-order valence-electron chi connectivity index (χ3n) is 2.35. The number of nitrogens with zero attached hydrogens (tertiary/aromatic N) is 2. The fraction of sp³-hybridized carbons (Fsp3) is 0.400. The number of methoxy groups -OCH3 is 2. The van der Waals surface area contributed by atoms with Gasteiger partial charge in [0.1, 0.15) is 5.69 Å². The maximum absolute atomic E-state index is 11.5. The van der Waals surface area contributed by atoms with Crippen LogP contribution < -0.4 is 4.74 Å². The molecule has 0 aromatic carbocycles. The van der Waals surface area contributed by atoms with E-state index in [1.807, 2.05) is 0 Å². The van der Waals surface area contributed by atoms with Crippen LogP contribution in [-0.4, -0.2) is 30.8 Å². The Morgan fingerprint density at radius 2 is 2.06 bits per heavy atom. The Morgan fingerprint density at radius 3 is 2.50 bits per heavy atom. The van der Waals surface area contributed by atoms with E-state index in [0.717, 1.165) is 0 Å². The van der Waals surface area contributed by atoms with Gasteiger partial charge in [0.25, 0.3) is 0 Å². The van der Waals surface area contributed by atoms with Gasteiger partial charge in [-0.05, 0) is 6.92 Å². The van der Waals surface area contributed by atoms with Crippen molar-refractivity contribution in [1.82, 2.24) is 4.57 Å². The van der Waals surface area contributed by atoms with Crippen LogP contribution in [0, 0.1) is 6.92 Å². The van der Waals surface area contributed by atoms with E-state index in [1.54, 1.807) is 18.5 Å². The van der Waals surface area contributed by atoms with Gasteiger partial charge in [-0.1, -0.05) is 0 Å². The molecule has 0 saturated carbocycles. The van der Waals surface area contributed by atoms with Crippen LogP contribution in [0.5, 0.6) is 5.75 Å². The number of hydrogen-bond donors (Lipinski definition) is 0. The molecule has 0 N–H and O–H groups in total. The van der Waals surface area contributed by atoms with Gasteiger partial charge in [0, 0.05) is 12.7 Å². The number of ether oxygens (including phenoxy) is 2. The minimum absolute atomic E-state index is 0.218. The molecular weight excluding hydrogens is 212 g/mol. The minimum atomic E-state index is -0.546. The van der Waals surface area contributed by atoms with Crippen molar-refractivity contribution in [2.24, 2.45) is 12.0 Å². The van der Waals surface area contributed by atoms with Crippen LogP contribution in [0.15, 0.2) is 4.99 Å². The van der Waals surface area contributed by atoms with E-state index in [4.69, 9.17) is 4.74 Å². The molecule has 6 heteroatoms. The van der Waals surface area contributed by atoms with Crippen molar-refractivity contribution < 1.29 is 19.1 Å². The van der Waals surface area contributed by atoms with Crippen LogP contribution in [0.4, 0.5) is 5.69 Å². The van der Waals surface area contributed by atoms with Gasteiger partial charge >= 0.3 is 5.97 Å². The summed E-state index contributed by atoms with van der Waals surface area (Å²) in [4.78, 5) is 25.3. The summed E-state index contributed by atoms with van der Waals surface area (Å²) in [6.45, 7) is 1.71. The molecule has 0 amide bonds. The average molecular weight is 224 g/mol. The number of carbonyl (C=O) groups excluding carboxylic acids is 2. The van der Waals surface area contributed by atoms with E-state index in [9.17, 15) is 9.59 Å². The number of esters is 1. The minimum Gasteiger partial charge on any atom is -0.492 e. The lowest BCUT2D eigenvalue weighted by Gasteiger charge is -2.04. The van der Waals surface area contributed by atoms with Crippen LogP contribution in [0.2, 0.25) is 0 Å². The fourth-order valence-corrected chi connectivity index (χ4v) is 1.45. The number of isocyanates is 1. The lowest BCUT2D eigenvalue weighted by atomic mass is 10.3. The number of aromatic nitrogens is 1. The molecule has 0 atom stereocenters. The molecule has 0 saturated heterocycles. The summed E-state index contributed by atoms with van der Waals surface area (Å²) in [5.74, 6) is -0.329. The molecule has 6 nitrogen and oxygen atoms in total. The largest absolute Gasteiger partial charge is 0.492 e. The highest BCUT2D eigenvalue weighted by Crippen LogP contribution is 2.37. The number of rotatable bonds is 3. The maximum Gasteiger partial charge on any atom is 0.358 e. The predicted molar refractivity (Wildman–Crippen MR) is 55.8 cm³/mol. The van der Waals surface area contributed by atoms with Crippen molar-refractivity contribution in [1.29, 1.82) is 0 Å². The van der Waals surface area contributed by atoms with Crippen molar-refractivity contribution in [3.05, 3.63) is 11.4 Å². The highest BCUT2D eigenvalue weighted by atomic mass is 16.5. The average Bonchev–Trinajstić information content (AvgIpc) is 2.53. The van der Waals surface area contributed by atoms with Gasteiger partial charge in [0.05, 0.1) is 14.2 Å². The monoisotopic (exact) mass is 224 g/mol. The Kier molecular flexibility index (Phi) is 3.48. The van der Waals surface area contributed by atoms with Gasteiger partial charge in [-0.3, -0.25) is 0 Å². The molecular formula is C10H12N2O4. The molecule has 0 aliphatic carbocycles. The molecule has 1 rings (SSSR count). The van der Waals surface area contributed by atoms with E-state index >= 15 is 0 Å². The van der Waals surface area contributed by atoms with Gasteiger partial charge in [-0.15, -0.1) is 0 Å². The van der Waals surface area contributed by atoms with E-state index in [-0.39, 0.29) is 11.4 Å². The second-order valence-electron chi connectivity index (χ2n) is 3.07. The Balaban J connectivity index is 3.55. The van der Waals surface area contributed by atoms with Crippen molar-refractivity contribution in [3.63, 3.8) is 0 Å². The van der Waals surface area contributed by atoms with Crippen molar-refractivity contribution in [3.8, 4) is 5.75 Å². The van der Waals surface area contributed by atoms with E-state index in [1.165, 1.54) is 20.3 Å². The topological polar surface area (TPSA) is 69.9 Å². The number of carbonyl (C=O) groups is 1. The van der Waals surface area contributed by atoms with E-state index < -0.39 is 5.97 Å². The lowest BCUT2D eigenvalue weighted by Crippen LogP contribution is -2.09. The standard InChI is InChI=1S/C10H12N2O4/c1-6-7(11-5-13)9(15-3)8(12(6)2)10(14)16-4/h1-4H3. The highest BCUT2D eigenvalue weighted by Gasteiger charge is 2.25. The predicted octanol–water partition coefficient (Wildman–Crippen LogP) is 1.10. The quantitative estimate of drug-likeness (QED) is 0.438. The third-order valence-corrected chi connectivity index (χ3v) is 2.35. The summed E-state index contributed by atoms with van der Waals surface area (Å²) >= 11 is 0. The van der Waals surface area contributed by atoms with Gasteiger partial charge in [-0.2, -0.15) is 4.99 Å². The number of aliphatic imine (C=N–C) groups is 1. The smallest absolute Gasteiger partial charge is 0.358 e. The fourth-order valence-electron chi connectivity index (χ4n) is 1.45. The molecule has 86 valence electrons. The molecule has 1 aromatic rings. The highest BCUT2D eigenvalue weighted by molar-refractivity contribution is 5.94. The second kappa shape index (κ2) is 4.63. The summed E-state index contributed by atoms with van der Waals surface area (Å²) < 4.78 is 11.2. The normalized spacial score (nSPS) is 9.50. The second-order valence-corrected chi connectivity index (χ2v) is 3.07. The van der Waals surface area contributed by atoms with Crippen molar-refractivity contribution >= 4 is 17.7 Å². The molecule has 0 unspecified atom stereocenters. The molecule has 0 fully saturated rings. The summed E-state index contributed by atoms with van der Waals surface area (Å²) in [6, 6.07) is 0. The zero-order valence-corrected chi connectivity index (χ0v) is 9.53. The first-order valence-electron chi connectivity index (χ1n) is 4.47. The molecule has 16 heavy (non-hydrogen) atoms. The molecule has 1 aromatic heterocycles. The zero-order chi connectivity index (χ0) is 12.3.